The third kappa shape index (κ3) is 4.04. The van der Waals surface area contributed by atoms with Crippen molar-refractivity contribution in [2.45, 2.75) is 31.6 Å². The van der Waals surface area contributed by atoms with Crippen LogP contribution in [-0.2, 0) is 14.8 Å². The van der Waals surface area contributed by atoms with E-state index in [1.165, 1.54) is 17.0 Å². The normalized spacial score (nSPS) is 13.1. The molecule has 0 saturated carbocycles. The van der Waals surface area contributed by atoms with Gasteiger partial charge in [-0.2, -0.15) is 0 Å². The van der Waals surface area contributed by atoms with E-state index in [1.807, 2.05) is 13.8 Å². The molecule has 0 spiro atoms. The summed E-state index contributed by atoms with van der Waals surface area (Å²) in [6.45, 7) is 3.92. The number of hydrogen-bond acceptors (Lipinski definition) is 3. The Kier molecular flexibility index (Phi) is 5.08. The van der Waals surface area contributed by atoms with Gasteiger partial charge in [0.05, 0.1) is 4.90 Å². The van der Waals surface area contributed by atoms with Gasteiger partial charge in [0.2, 0.25) is 15.9 Å². The van der Waals surface area contributed by atoms with Crippen molar-refractivity contribution in [3.63, 3.8) is 0 Å². The maximum atomic E-state index is 12.1. The monoisotopic (exact) mass is 284 g/mol. The maximum Gasteiger partial charge on any atom is 0.238 e. The summed E-state index contributed by atoms with van der Waals surface area (Å²) in [5.41, 5.74) is 0.653. The molecule has 0 heterocycles. The number of nitrogens with zero attached hydrogens (tertiary/aromatic N) is 1. The van der Waals surface area contributed by atoms with E-state index in [9.17, 15) is 13.2 Å². The fourth-order valence-corrected chi connectivity index (χ4v) is 2.39. The van der Waals surface area contributed by atoms with E-state index in [4.69, 9.17) is 5.14 Å². The van der Waals surface area contributed by atoms with E-state index >= 15 is 0 Å². The Labute approximate surface area is 114 Å². The minimum absolute atomic E-state index is 0.0187. The van der Waals surface area contributed by atoms with Gasteiger partial charge in [0.25, 0.3) is 0 Å². The molecule has 5 nitrogen and oxygen atoms in total. The molecule has 6 heteroatoms. The van der Waals surface area contributed by atoms with Gasteiger partial charge in [-0.05, 0) is 30.7 Å². The van der Waals surface area contributed by atoms with Crippen LogP contribution in [0.25, 0.3) is 0 Å². The number of sulfonamides is 1. The summed E-state index contributed by atoms with van der Waals surface area (Å²) in [7, 11) is -2.01. The lowest BCUT2D eigenvalue weighted by Gasteiger charge is -2.21. The highest BCUT2D eigenvalue weighted by Crippen LogP contribution is 2.19. The van der Waals surface area contributed by atoms with Crippen LogP contribution in [0.2, 0.25) is 0 Å². The summed E-state index contributed by atoms with van der Waals surface area (Å²) in [5.74, 6) is -0.0295. The molecule has 106 valence electrons. The van der Waals surface area contributed by atoms with Crippen LogP contribution in [0.4, 0.5) is 5.69 Å². The van der Waals surface area contributed by atoms with Crippen molar-refractivity contribution in [3.8, 4) is 0 Å². The van der Waals surface area contributed by atoms with Crippen LogP contribution in [0.15, 0.2) is 29.2 Å². The average molecular weight is 284 g/mol. The molecule has 0 radical (unpaired) electrons. The van der Waals surface area contributed by atoms with E-state index in [0.717, 1.165) is 12.8 Å². The molecule has 19 heavy (non-hydrogen) atoms. The number of amides is 1. The molecule has 1 rings (SSSR count). The van der Waals surface area contributed by atoms with Crippen LogP contribution >= 0.6 is 0 Å². The Morgan fingerprint density at radius 2 is 1.84 bits per heavy atom. The average Bonchev–Trinajstić information content (AvgIpc) is 2.36. The molecule has 1 atom stereocenters. The first-order valence-corrected chi connectivity index (χ1v) is 7.72. The Morgan fingerprint density at radius 3 is 2.26 bits per heavy atom. The summed E-state index contributed by atoms with van der Waals surface area (Å²) in [6, 6.07) is 5.96. The molecular weight excluding hydrogens is 264 g/mol. The Balaban J connectivity index is 2.89. The van der Waals surface area contributed by atoms with Crippen LogP contribution in [0.1, 0.15) is 26.7 Å². The predicted molar refractivity (Wildman–Crippen MR) is 75.3 cm³/mol. The van der Waals surface area contributed by atoms with Crippen LogP contribution in [0, 0.1) is 5.92 Å². The number of carbonyl (C=O) groups excluding carboxylic acids is 1. The fraction of sp³-hybridized carbons (Fsp3) is 0.462. The lowest BCUT2D eigenvalue weighted by molar-refractivity contribution is -0.121. The quantitative estimate of drug-likeness (QED) is 0.894. The Morgan fingerprint density at radius 1 is 1.32 bits per heavy atom. The molecule has 0 aliphatic carbocycles. The van der Waals surface area contributed by atoms with Crippen LogP contribution in [0.3, 0.4) is 0 Å². The summed E-state index contributed by atoms with van der Waals surface area (Å²) < 4.78 is 22.3. The van der Waals surface area contributed by atoms with Crippen molar-refractivity contribution in [2.75, 3.05) is 11.9 Å². The van der Waals surface area contributed by atoms with E-state index in [2.05, 4.69) is 0 Å². The van der Waals surface area contributed by atoms with Crippen molar-refractivity contribution >= 4 is 21.6 Å². The van der Waals surface area contributed by atoms with Crippen molar-refractivity contribution in [3.05, 3.63) is 24.3 Å². The number of nitrogens with two attached hydrogens (primary N) is 1. The number of primary sulfonamides is 1. The van der Waals surface area contributed by atoms with Gasteiger partial charge in [0.1, 0.15) is 0 Å². The third-order valence-corrected chi connectivity index (χ3v) is 3.96. The first-order chi connectivity index (χ1) is 8.77. The van der Waals surface area contributed by atoms with Gasteiger partial charge in [0, 0.05) is 18.7 Å². The topological polar surface area (TPSA) is 80.5 Å². The zero-order valence-corrected chi connectivity index (χ0v) is 12.3. The first-order valence-electron chi connectivity index (χ1n) is 6.17. The van der Waals surface area contributed by atoms with Gasteiger partial charge < -0.3 is 4.90 Å². The van der Waals surface area contributed by atoms with Crippen LogP contribution < -0.4 is 10.0 Å². The number of anilines is 1. The van der Waals surface area contributed by atoms with Gasteiger partial charge in [-0.3, -0.25) is 4.79 Å². The number of benzene rings is 1. The van der Waals surface area contributed by atoms with Gasteiger partial charge in [-0.1, -0.05) is 20.3 Å². The number of carbonyl (C=O) groups is 1. The minimum atomic E-state index is -3.69. The summed E-state index contributed by atoms with van der Waals surface area (Å²) >= 11 is 0. The molecule has 1 unspecified atom stereocenters. The lowest BCUT2D eigenvalue weighted by atomic mass is 10.0. The largest absolute Gasteiger partial charge is 0.315 e. The third-order valence-electron chi connectivity index (χ3n) is 3.03. The van der Waals surface area contributed by atoms with Crippen molar-refractivity contribution in [2.24, 2.45) is 11.1 Å². The molecule has 1 aromatic carbocycles. The second-order valence-electron chi connectivity index (χ2n) is 4.63. The predicted octanol–water partition coefficient (Wildman–Crippen LogP) is 1.73. The molecule has 0 aliphatic rings. The second-order valence-corrected chi connectivity index (χ2v) is 6.19. The smallest absolute Gasteiger partial charge is 0.238 e. The van der Waals surface area contributed by atoms with Gasteiger partial charge in [-0.25, -0.2) is 13.6 Å². The summed E-state index contributed by atoms with van der Waals surface area (Å²) in [5, 5.41) is 5.02. The second kappa shape index (κ2) is 6.16. The molecule has 2 N–H and O–H groups in total. The molecule has 0 saturated heterocycles. The SMILES string of the molecule is CCCC(C)C(=O)N(C)c1ccc(S(N)(=O)=O)cc1. The zero-order valence-electron chi connectivity index (χ0n) is 11.5. The van der Waals surface area contributed by atoms with E-state index in [-0.39, 0.29) is 16.7 Å². The molecule has 0 bridgehead atoms. The minimum Gasteiger partial charge on any atom is -0.315 e. The van der Waals surface area contributed by atoms with E-state index in [0.29, 0.717) is 5.69 Å². The molecule has 1 amide bonds. The highest BCUT2D eigenvalue weighted by Gasteiger charge is 2.18. The lowest BCUT2D eigenvalue weighted by Crippen LogP contribution is -2.31. The maximum absolute atomic E-state index is 12.1. The Bertz CT molecular complexity index is 538. The summed E-state index contributed by atoms with van der Waals surface area (Å²) in [4.78, 5) is 13.7. The van der Waals surface area contributed by atoms with Crippen molar-refractivity contribution in [1.82, 2.24) is 0 Å². The number of hydrogen-bond donors (Lipinski definition) is 1. The van der Waals surface area contributed by atoms with Gasteiger partial charge >= 0.3 is 0 Å². The molecule has 1 aromatic rings. The summed E-state index contributed by atoms with van der Waals surface area (Å²) in [6.07, 6.45) is 1.78. The van der Waals surface area contributed by atoms with Crippen molar-refractivity contribution < 1.29 is 13.2 Å². The fourth-order valence-electron chi connectivity index (χ4n) is 1.87. The Hall–Kier alpha value is -1.40. The van der Waals surface area contributed by atoms with Crippen LogP contribution in [-0.4, -0.2) is 21.4 Å². The van der Waals surface area contributed by atoms with Crippen LogP contribution in [0.5, 0.6) is 0 Å². The first kappa shape index (κ1) is 15.7. The van der Waals surface area contributed by atoms with E-state index in [1.54, 1.807) is 19.2 Å². The zero-order chi connectivity index (χ0) is 14.6. The highest BCUT2D eigenvalue weighted by atomic mass is 32.2. The standard InChI is InChI=1S/C13H20N2O3S/c1-4-5-10(2)13(16)15(3)11-6-8-12(9-7-11)19(14,17)18/h6-10H,4-5H2,1-3H3,(H2,14,17,18). The molecular formula is C13H20N2O3S. The molecule has 0 aromatic heterocycles. The molecule has 0 aliphatic heterocycles. The highest BCUT2D eigenvalue weighted by molar-refractivity contribution is 7.89. The van der Waals surface area contributed by atoms with Gasteiger partial charge in [0.15, 0.2) is 0 Å². The molecule has 0 fully saturated rings. The van der Waals surface area contributed by atoms with Gasteiger partial charge in [-0.15, -0.1) is 0 Å². The van der Waals surface area contributed by atoms with E-state index < -0.39 is 10.0 Å². The van der Waals surface area contributed by atoms with Crippen molar-refractivity contribution in [1.29, 1.82) is 0 Å². The number of rotatable bonds is 5.